The molecule has 0 saturated carbocycles. The van der Waals surface area contributed by atoms with Crippen LogP contribution in [0.2, 0.25) is 0 Å². The summed E-state index contributed by atoms with van der Waals surface area (Å²) < 4.78 is 6.40. The molecule has 0 bridgehead atoms. The van der Waals surface area contributed by atoms with Gasteiger partial charge in [0.1, 0.15) is 0 Å². The van der Waals surface area contributed by atoms with Gasteiger partial charge in [0.15, 0.2) is 11.9 Å². The van der Waals surface area contributed by atoms with E-state index in [4.69, 9.17) is 9.72 Å². The minimum Gasteiger partial charge on any atom is -0.448 e. The molecule has 0 aliphatic carbocycles. The number of thioether (sulfide) groups is 1. The zero-order valence-electron chi connectivity index (χ0n) is 17.4. The molecule has 1 atom stereocenters. The highest BCUT2D eigenvalue weighted by Gasteiger charge is 2.26. The fraction of sp³-hybridized carbons (Fsp3) is 0.240. The second-order valence-corrected chi connectivity index (χ2v) is 8.66. The molecule has 1 aliphatic heterocycles. The topological polar surface area (TPSA) is 59.9 Å². The number of nitrogens with one attached hydrogen (secondary N) is 1. The van der Waals surface area contributed by atoms with Crippen molar-refractivity contribution >= 4 is 28.2 Å². The average Bonchev–Trinajstić information content (AvgIpc) is 2.98. The van der Waals surface area contributed by atoms with Gasteiger partial charge in [0.25, 0.3) is 0 Å². The van der Waals surface area contributed by atoms with E-state index < -0.39 is 0 Å². The number of rotatable bonds is 6. The van der Waals surface area contributed by atoms with E-state index in [1.165, 1.54) is 23.6 Å². The van der Waals surface area contributed by atoms with E-state index in [0.29, 0.717) is 16.7 Å². The number of hydrogen-bond donors (Lipinski definition) is 1. The van der Waals surface area contributed by atoms with E-state index in [-0.39, 0.29) is 6.23 Å². The molecule has 5 nitrogen and oxygen atoms in total. The van der Waals surface area contributed by atoms with Crippen LogP contribution in [0.1, 0.15) is 38.0 Å². The first kappa shape index (κ1) is 19.8. The van der Waals surface area contributed by atoms with Crippen LogP contribution in [-0.2, 0) is 0 Å². The molecule has 5 rings (SSSR count). The van der Waals surface area contributed by atoms with Gasteiger partial charge < -0.3 is 10.1 Å². The Labute approximate surface area is 186 Å². The Balaban J connectivity index is 1.51. The number of anilines is 1. The van der Waals surface area contributed by atoms with E-state index in [0.717, 1.165) is 29.0 Å². The normalized spacial score (nSPS) is 14.8. The summed E-state index contributed by atoms with van der Waals surface area (Å²) in [6, 6.07) is 22.8. The van der Waals surface area contributed by atoms with Crippen LogP contribution in [0.4, 0.5) is 5.69 Å². The van der Waals surface area contributed by atoms with Gasteiger partial charge in [-0.05, 0) is 29.3 Å². The Morgan fingerprint density at radius 1 is 0.935 bits per heavy atom. The maximum Gasteiger partial charge on any atom is 0.247 e. The van der Waals surface area contributed by atoms with E-state index in [2.05, 4.69) is 64.9 Å². The summed E-state index contributed by atoms with van der Waals surface area (Å²) in [6.07, 6.45) is 3.18. The summed E-state index contributed by atoms with van der Waals surface area (Å²) in [5, 5.41) is 15.4. The number of para-hydroxylation sites is 1. The van der Waals surface area contributed by atoms with Gasteiger partial charge in [-0.1, -0.05) is 86.1 Å². The van der Waals surface area contributed by atoms with Gasteiger partial charge in [0, 0.05) is 22.6 Å². The summed E-state index contributed by atoms with van der Waals surface area (Å²) in [4.78, 5) is 4.73. The lowest BCUT2D eigenvalue weighted by Gasteiger charge is -2.19. The molecule has 0 radical (unpaired) electrons. The minimum absolute atomic E-state index is 0.373. The van der Waals surface area contributed by atoms with Crippen LogP contribution < -0.4 is 10.1 Å². The van der Waals surface area contributed by atoms with E-state index in [1.807, 2.05) is 24.3 Å². The van der Waals surface area contributed by atoms with Crippen molar-refractivity contribution in [2.75, 3.05) is 11.1 Å². The third-order valence-corrected chi connectivity index (χ3v) is 6.31. The third-order valence-electron chi connectivity index (χ3n) is 5.39. The van der Waals surface area contributed by atoms with Crippen LogP contribution >= 0.6 is 11.8 Å². The van der Waals surface area contributed by atoms with E-state index in [1.54, 1.807) is 11.8 Å². The van der Waals surface area contributed by atoms with Gasteiger partial charge in [0.05, 0.1) is 0 Å². The van der Waals surface area contributed by atoms with E-state index in [9.17, 15) is 0 Å². The molecule has 31 heavy (non-hydrogen) atoms. The number of fused-ring (bicyclic) bond motifs is 4. The van der Waals surface area contributed by atoms with Crippen molar-refractivity contribution < 1.29 is 4.74 Å². The Morgan fingerprint density at radius 3 is 2.68 bits per heavy atom. The lowest BCUT2D eigenvalue weighted by Crippen LogP contribution is -2.17. The number of nitrogens with zero attached hydrogens (tertiary/aromatic N) is 3. The summed E-state index contributed by atoms with van der Waals surface area (Å²) in [5.41, 5.74) is 3.61. The molecule has 6 heteroatoms. The van der Waals surface area contributed by atoms with Crippen molar-refractivity contribution in [1.29, 1.82) is 0 Å². The SMILES string of the molecule is CCCCCSc1nnc2c(n1)O[C@@H](c1ccc3ccccc3c1)Nc1ccccc1-2. The highest BCUT2D eigenvalue weighted by Crippen LogP contribution is 2.39. The third kappa shape index (κ3) is 4.21. The molecule has 0 saturated heterocycles. The fourth-order valence-corrected chi connectivity index (χ4v) is 4.52. The lowest BCUT2D eigenvalue weighted by molar-refractivity contribution is 0.225. The lowest BCUT2D eigenvalue weighted by atomic mass is 10.1. The van der Waals surface area contributed by atoms with Crippen molar-refractivity contribution in [2.45, 2.75) is 37.6 Å². The molecule has 4 aromatic rings. The second kappa shape index (κ2) is 8.94. The first-order valence-corrected chi connectivity index (χ1v) is 11.7. The highest BCUT2D eigenvalue weighted by atomic mass is 32.2. The van der Waals surface area contributed by atoms with Gasteiger partial charge in [-0.25, -0.2) is 0 Å². The first-order valence-electron chi connectivity index (χ1n) is 10.7. The molecule has 3 aromatic carbocycles. The Kier molecular flexibility index (Phi) is 5.71. The molecule has 0 unspecified atom stereocenters. The average molecular weight is 429 g/mol. The Hall–Kier alpha value is -3.12. The smallest absolute Gasteiger partial charge is 0.247 e. The van der Waals surface area contributed by atoms with E-state index >= 15 is 0 Å². The van der Waals surface area contributed by atoms with Crippen LogP contribution in [0.5, 0.6) is 5.88 Å². The van der Waals surface area contributed by atoms with Crippen molar-refractivity contribution in [3.05, 3.63) is 72.3 Å². The number of ether oxygens (including phenoxy) is 1. The van der Waals surface area contributed by atoms with Crippen molar-refractivity contribution in [1.82, 2.24) is 15.2 Å². The van der Waals surface area contributed by atoms with Crippen LogP contribution in [0.3, 0.4) is 0 Å². The highest BCUT2D eigenvalue weighted by molar-refractivity contribution is 7.99. The molecule has 2 heterocycles. The predicted molar refractivity (Wildman–Crippen MR) is 126 cm³/mol. The van der Waals surface area contributed by atoms with Gasteiger partial charge in [-0.3, -0.25) is 0 Å². The van der Waals surface area contributed by atoms with Crippen molar-refractivity contribution in [3.8, 4) is 17.1 Å². The largest absolute Gasteiger partial charge is 0.448 e. The summed E-state index contributed by atoms with van der Waals surface area (Å²) in [6.45, 7) is 2.20. The van der Waals surface area contributed by atoms with Gasteiger partial charge in [-0.15, -0.1) is 10.2 Å². The quantitative estimate of drug-likeness (QED) is 0.280. The fourth-order valence-electron chi connectivity index (χ4n) is 3.75. The van der Waals surface area contributed by atoms with Crippen LogP contribution in [-0.4, -0.2) is 20.9 Å². The maximum absolute atomic E-state index is 6.40. The summed E-state index contributed by atoms with van der Waals surface area (Å²) in [7, 11) is 0. The maximum atomic E-state index is 6.40. The number of unbranched alkanes of at least 4 members (excludes halogenated alkanes) is 2. The Bertz CT molecular complexity index is 1210. The molecular formula is C25H24N4OS. The molecule has 156 valence electrons. The van der Waals surface area contributed by atoms with Crippen LogP contribution in [0, 0.1) is 0 Å². The molecule has 1 aromatic heterocycles. The van der Waals surface area contributed by atoms with Crippen LogP contribution in [0.15, 0.2) is 71.9 Å². The standard InChI is InChI=1S/C25H24N4OS/c1-2-3-8-15-31-25-27-24-22(28-29-25)20-11-6-7-12-21(20)26-23(30-24)19-14-13-17-9-4-5-10-18(17)16-19/h4-7,9-14,16,23,26H,2-3,8,15H2,1H3/t23-/m0/s1. The number of hydrogen-bond acceptors (Lipinski definition) is 6. The summed E-state index contributed by atoms with van der Waals surface area (Å²) >= 11 is 1.64. The molecule has 0 fully saturated rings. The van der Waals surface area contributed by atoms with Crippen molar-refractivity contribution in [2.24, 2.45) is 0 Å². The molecule has 0 spiro atoms. The minimum atomic E-state index is -0.373. The number of benzene rings is 3. The van der Waals surface area contributed by atoms with Gasteiger partial charge in [0.2, 0.25) is 11.0 Å². The molecule has 1 N–H and O–H groups in total. The van der Waals surface area contributed by atoms with Gasteiger partial charge in [-0.2, -0.15) is 4.98 Å². The Morgan fingerprint density at radius 2 is 1.77 bits per heavy atom. The van der Waals surface area contributed by atoms with Crippen LogP contribution in [0.25, 0.3) is 22.0 Å². The van der Waals surface area contributed by atoms with Crippen molar-refractivity contribution in [3.63, 3.8) is 0 Å². The molecular weight excluding hydrogens is 404 g/mol. The number of aromatic nitrogens is 3. The van der Waals surface area contributed by atoms with Gasteiger partial charge >= 0.3 is 0 Å². The predicted octanol–water partition coefficient (Wildman–Crippen LogP) is 6.48. The first-order chi connectivity index (χ1) is 15.3. The summed E-state index contributed by atoms with van der Waals surface area (Å²) in [5.74, 6) is 1.50. The molecule has 1 aliphatic rings. The zero-order chi connectivity index (χ0) is 21.0. The second-order valence-electron chi connectivity index (χ2n) is 7.60. The monoisotopic (exact) mass is 428 g/mol. The molecule has 0 amide bonds. The zero-order valence-corrected chi connectivity index (χ0v) is 18.2.